The van der Waals surface area contributed by atoms with Gasteiger partial charge in [-0.25, -0.2) is 13.4 Å². The Bertz CT molecular complexity index is 1960. The van der Waals surface area contributed by atoms with Crippen molar-refractivity contribution < 1.29 is 27.8 Å². The Morgan fingerprint density at radius 1 is 0.940 bits per heavy atom. The van der Waals surface area contributed by atoms with Gasteiger partial charge in [-0.1, -0.05) is 103 Å². The number of aryl methyl sites for hydroxylation is 1. The summed E-state index contributed by atoms with van der Waals surface area (Å²) in [6.45, 7) is 3.90. The maximum atomic E-state index is 13.8. The number of rotatable bonds is 13. The number of hydrogen-bond donors (Lipinski definition) is 4. The molecule has 1 aliphatic heterocycles. The average Bonchev–Trinajstić information content (AvgIpc) is 3.65. The fraction of sp³-hybridized carbons (Fsp3) is 0.270. The number of benzene rings is 4. The molecule has 0 radical (unpaired) electrons. The predicted molar refractivity (Wildman–Crippen MR) is 191 cm³/mol. The summed E-state index contributed by atoms with van der Waals surface area (Å²) in [5.74, 6) is 0.0361. The Kier molecular flexibility index (Phi) is 11.4. The molecule has 0 saturated carbocycles. The molecule has 0 bridgehead atoms. The van der Waals surface area contributed by atoms with Gasteiger partial charge in [-0.15, -0.1) is 0 Å². The summed E-state index contributed by atoms with van der Waals surface area (Å²) in [4.78, 5) is 18.1. The maximum absolute atomic E-state index is 13.8. The second-order valence-electron chi connectivity index (χ2n) is 12.2. The third-order valence-electron chi connectivity index (χ3n) is 8.55. The minimum Gasteiger partial charge on any atom is -0.392 e. The largest absolute Gasteiger partial charge is 0.392 e. The van der Waals surface area contributed by atoms with Crippen molar-refractivity contribution in [1.29, 1.82) is 0 Å². The van der Waals surface area contributed by atoms with Crippen LogP contribution in [0.1, 0.15) is 47.1 Å². The van der Waals surface area contributed by atoms with E-state index in [1.165, 1.54) is 30.2 Å². The number of carbonyl (C=O) groups excluding carboxylic acids is 1. The Hall–Kier alpha value is -4.37. The fourth-order valence-corrected chi connectivity index (χ4v) is 7.88. The van der Waals surface area contributed by atoms with Crippen LogP contribution in [-0.2, 0) is 37.3 Å². The number of nitrogens with one attached hydrogen (secondary N) is 3. The zero-order chi connectivity index (χ0) is 35.1. The highest BCUT2D eigenvalue weighted by atomic mass is 32.2. The number of sulfonamides is 1. The van der Waals surface area contributed by atoms with Gasteiger partial charge in [0.15, 0.2) is 11.4 Å². The number of nitrogens with zero attached hydrogens (tertiary/aromatic N) is 2. The minimum atomic E-state index is -4.01. The Balaban J connectivity index is 1.23. The van der Waals surface area contributed by atoms with Crippen molar-refractivity contribution in [3.63, 3.8) is 0 Å². The van der Waals surface area contributed by atoms with Crippen molar-refractivity contribution in [1.82, 2.24) is 19.9 Å². The van der Waals surface area contributed by atoms with Crippen molar-refractivity contribution in [2.45, 2.75) is 61.5 Å². The summed E-state index contributed by atoms with van der Waals surface area (Å²) in [6.07, 6.45) is 0.266. The molecule has 50 heavy (non-hydrogen) atoms. The Morgan fingerprint density at radius 3 is 2.40 bits per heavy atom. The van der Waals surface area contributed by atoms with E-state index in [1.807, 2.05) is 67.6 Å². The van der Waals surface area contributed by atoms with E-state index in [0.29, 0.717) is 22.2 Å². The number of amides is 1. The Labute approximate surface area is 295 Å². The molecule has 0 spiro atoms. The number of aromatic nitrogens is 3. The molecule has 2 heterocycles. The van der Waals surface area contributed by atoms with E-state index < -0.39 is 28.3 Å². The number of anilines is 1. The van der Waals surface area contributed by atoms with Crippen LogP contribution >= 0.6 is 11.8 Å². The first-order valence-corrected chi connectivity index (χ1v) is 18.7. The van der Waals surface area contributed by atoms with E-state index in [4.69, 9.17) is 9.47 Å². The highest BCUT2D eigenvalue weighted by molar-refractivity contribution is 7.99. The van der Waals surface area contributed by atoms with Gasteiger partial charge in [0.05, 0.1) is 23.7 Å². The average molecular weight is 714 g/mol. The standard InChI is InChI=1S/C37H39N5O6S2/c1-24-11-17-31(18-12-24)50(45,46)42-32(19-26-7-4-3-5-8-26)35(44)40-30-10-6-9-29(20-30)36-47-33(22-49-37-38-23-39-41-37)25(2)34(48-36)28-15-13-27(21-43)14-16-28/h3-18,20,23,25,32-34,36,42-43H,19,21-22H2,1-2H3,(H,40,44)(H,38,39,41). The molecule has 6 rings (SSSR count). The van der Waals surface area contributed by atoms with Crippen LogP contribution in [0, 0.1) is 12.8 Å². The number of carbonyl (C=O) groups is 1. The second kappa shape index (κ2) is 16.1. The quantitative estimate of drug-likeness (QED) is 0.112. The lowest BCUT2D eigenvalue weighted by molar-refractivity contribution is -0.268. The molecule has 1 aliphatic rings. The van der Waals surface area contributed by atoms with Gasteiger partial charge < -0.3 is 19.9 Å². The Morgan fingerprint density at radius 2 is 1.70 bits per heavy atom. The summed E-state index contributed by atoms with van der Waals surface area (Å²) >= 11 is 1.50. The molecule has 4 N–H and O–H groups in total. The lowest BCUT2D eigenvalue weighted by atomic mass is 9.91. The summed E-state index contributed by atoms with van der Waals surface area (Å²) in [5, 5.41) is 20.0. The van der Waals surface area contributed by atoms with Crippen LogP contribution in [-0.4, -0.2) is 52.5 Å². The van der Waals surface area contributed by atoms with Gasteiger partial charge >= 0.3 is 0 Å². The molecular formula is C37H39N5O6S2. The van der Waals surface area contributed by atoms with E-state index in [-0.39, 0.29) is 36.0 Å². The third-order valence-corrected chi connectivity index (χ3v) is 11.0. The first-order valence-electron chi connectivity index (χ1n) is 16.2. The van der Waals surface area contributed by atoms with Gasteiger partial charge in [-0.05, 0) is 54.3 Å². The van der Waals surface area contributed by atoms with Crippen LogP contribution in [0.15, 0.2) is 120 Å². The minimum absolute atomic E-state index is 0.0372. The number of aliphatic hydroxyl groups excluding tert-OH is 1. The van der Waals surface area contributed by atoms with Crippen LogP contribution in [0.4, 0.5) is 5.69 Å². The first kappa shape index (κ1) is 35.5. The molecule has 0 aliphatic carbocycles. The molecule has 5 unspecified atom stereocenters. The van der Waals surface area contributed by atoms with Crippen LogP contribution in [0.5, 0.6) is 0 Å². The fourth-order valence-electron chi connectivity index (χ4n) is 5.74. The predicted octanol–water partition coefficient (Wildman–Crippen LogP) is 5.72. The molecule has 11 nitrogen and oxygen atoms in total. The lowest BCUT2D eigenvalue weighted by Crippen LogP contribution is -2.45. The van der Waals surface area contributed by atoms with E-state index in [0.717, 1.165) is 22.3 Å². The molecule has 13 heteroatoms. The number of ether oxygens (including phenoxy) is 2. The number of hydrogen-bond acceptors (Lipinski definition) is 9. The molecule has 1 amide bonds. The number of thioether (sulfide) groups is 1. The van der Waals surface area contributed by atoms with E-state index in [9.17, 15) is 18.3 Å². The van der Waals surface area contributed by atoms with E-state index in [2.05, 4.69) is 32.1 Å². The molecule has 4 aromatic carbocycles. The van der Waals surface area contributed by atoms with Crippen molar-refractivity contribution in [3.8, 4) is 0 Å². The molecule has 1 saturated heterocycles. The highest BCUT2D eigenvalue weighted by Crippen LogP contribution is 2.43. The zero-order valence-corrected chi connectivity index (χ0v) is 29.2. The molecule has 1 fully saturated rings. The zero-order valence-electron chi connectivity index (χ0n) is 27.6. The maximum Gasteiger partial charge on any atom is 0.242 e. The SMILES string of the molecule is Cc1ccc(S(=O)(=O)NC(Cc2ccccc2)C(=O)Nc2cccc(C3OC(CSc4ncn[nH]4)C(C)C(c4ccc(CO)cc4)O3)c2)cc1. The molecule has 1 aromatic heterocycles. The van der Waals surface area contributed by atoms with Gasteiger partial charge in [-0.3, -0.25) is 9.89 Å². The van der Waals surface area contributed by atoms with E-state index >= 15 is 0 Å². The van der Waals surface area contributed by atoms with Gasteiger partial charge in [-0.2, -0.15) is 9.82 Å². The second-order valence-corrected chi connectivity index (χ2v) is 14.9. The summed E-state index contributed by atoms with van der Waals surface area (Å²) in [5.41, 5.74) is 4.62. The van der Waals surface area contributed by atoms with Crippen LogP contribution in [0.3, 0.4) is 0 Å². The molecule has 5 atom stereocenters. The molecule has 260 valence electrons. The third kappa shape index (κ3) is 8.85. The van der Waals surface area contributed by atoms with Crippen LogP contribution < -0.4 is 10.0 Å². The van der Waals surface area contributed by atoms with Crippen molar-refractivity contribution >= 4 is 33.4 Å². The number of H-pyrrole nitrogens is 1. The number of aliphatic hydroxyl groups is 1. The van der Waals surface area contributed by atoms with Gasteiger partial charge in [0.25, 0.3) is 0 Å². The lowest BCUT2D eigenvalue weighted by Gasteiger charge is -2.41. The topological polar surface area (TPSA) is 156 Å². The monoisotopic (exact) mass is 713 g/mol. The molecule has 5 aromatic rings. The van der Waals surface area contributed by atoms with E-state index in [1.54, 1.807) is 30.3 Å². The smallest absolute Gasteiger partial charge is 0.242 e. The van der Waals surface area contributed by atoms with Crippen LogP contribution in [0.25, 0.3) is 0 Å². The van der Waals surface area contributed by atoms with Gasteiger partial charge in [0.2, 0.25) is 15.9 Å². The highest BCUT2D eigenvalue weighted by Gasteiger charge is 2.38. The summed E-state index contributed by atoms with van der Waals surface area (Å²) in [7, 11) is -4.01. The molecular weight excluding hydrogens is 675 g/mol. The van der Waals surface area contributed by atoms with Gasteiger partial charge in [0, 0.05) is 22.9 Å². The van der Waals surface area contributed by atoms with Gasteiger partial charge in [0.1, 0.15) is 12.4 Å². The summed E-state index contributed by atoms with van der Waals surface area (Å²) in [6, 6.07) is 29.5. The number of aromatic amines is 1. The van der Waals surface area contributed by atoms with Crippen LogP contribution in [0.2, 0.25) is 0 Å². The van der Waals surface area contributed by atoms with Crippen molar-refractivity contribution in [2.75, 3.05) is 11.1 Å². The van der Waals surface area contributed by atoms with Crippen molar-refractivity contribution in [2.24, 2.45) is 5.92 Å². The normalized spacial score (nSPS) is 19.9. The first-order chi connectivity index (χ1) is 24.2. The summed E-state index contributed by atoms with van der Waals surface area (Å²) < 4.78 is 42.5. The van der Waals surface area contributed by atoms with Crippen molar-refractivity contribution in [3.05, 3.63) is 137 Å².